The van der Waals surface area contributed by atoms with Gasteiger partial charge in [0.25, 0.3) is 10.2 Å². The van der Waals surface area contributed by atoms with Crippen molar-refractivity contribution in [1.82, 2.24) is 9.03 Å². The minimum Gasteiger partial charge on any atom is -0.299 e. The largest absolute Gasteiger partial charge is 0.299 e. The number of rotatable bonds is 4. The molecule has 0 spiro atoms. The molecule has 0 atom stereocenters. The lowest BCUT2D eigenvalue weighted by atomic mass is 10.5. The maximum Gasteiger partial charge on any atom is 0.279 e. The van der Waals surface area contributed by atoms with Crippen LogP contribution in [0, 0.1) is 0 Å². The minimum atomic E-state index is -3.32. The van der Waals surface area contributed by atoms with E-state index in [4.69, 9.17) is 0 Å². The predicted octanol–water partition coefficient (Wildman–Crippen LogP) is -1.27. The first kappa shape index (κ1) is 8.63. The van der Waals surface area contributed by atoms with Crippen molar-refractivity contribution in [2.45, 2.75) is 6.92 Å². The third-order valence-corrected chi connectivity index (χ3v) is 2.80. The van der Waals surface area contributed by atoms with Crippen LogP contribution in [0.3, 0.4) is 0 Å². The molecule has 0 aliphatic carbocycles. The summed E-state index contributed by atoms with van der Waals surface area (Å²) in [5.41, 5.74) is 0. The predicted molar refractivity (Wildman–Crippen MR) is 39.2 cm³/mol. The van der Waals surface area contributed by atoms with E-state index in [0.717, 1.165) is 0 Å². The molecule has 64 valence electrons. The van der Waals surface area contributed by atoms with Crippen LogP contribution in [0.5, 0.6) is 0 Å². The van der Waals surface area contributed by atoms with E-state index in [1.165, 1.54) is 11.2 Å². The second-order valence-electron chi connectivity index (χ2n) is 2.43. The highest BCUT2D eigenvalue weighted by atomic mass is 32.2. The first-order valence-corrected chi connectivity index (χ1v) is 4.70. The monoisotopic (exact) mass is 178 g/mol. The summed E-state index contributed by atoms with van der Waals surface area (Å²) in [7, 11) is -3.32. The fourth-order valence-corrected chi connectivity index (χ4v) is 1.70. The average molecular weight is 178 g/mol. The fraction of sp³-hybridized carbons (Fsp3) is 0.800. The van der Waals surface area contributed by atoms with Gasteiger partial charge in [-0.25, -0.2) is 0 Å². The highest BCUT2D eigenvalue weighted by molar-refractivity contribution is 7.87. The maximum atomic E-state index is 11.0. The quantitative estimate of drug-likeness (QED) is 0.545. The summed E-state index contributed by atoms with van der Waals surface area (Å²) in [6.07, 6.45) is 0. The van der Waals surface area contributed by atoms with Gasteiger partial charge in [-0.3, -0.25) is 4.79 Å². The Balaban J connectivity index is 2.40. The molecule has 0 bridgehead atoms. The SMILES string of the molecule is CC(=O)CNS(=O)(=O)N1CC1. The van der Waals surface area contributed by atoms with Gasteiger partial charge >= 0.3 is 0 Å². The van der Waals surface area contributed by atoms with Gasteiger partial charge in [-0.05, 0) is 6.92 Å². The molecule has 1 N–H and O–H groups in total. The van der Waals surface area contributed by atoms with Gasteiger partial charge in [-0.2, -0.15) is 17.4 Å². The Hall–Kier alpha value is -0.460. The van der Waals surface area contributed by atoms with Crippen LogP contribution >= 0.6 is 0 Å². The molecule has 0 radical (unpaired) electrons. The van der Waals surface area contributed by atoms with Crippen LogP contribution in [0.15, 0.2) is 0 Å². The summed E-state index contributed by atoms with van der Waals surface area (Å²) in [5.74, 6) is -0.185. The molecule has 1 rings (SSSR count). The van der Waals surface area contributed by atoms with Gasteiger partial charge in [-0.1, -0.05) is 0 Å². The molecule has 0 amide bonds. The molecule has 1 heterocycles. The third-order valence-electron chi connectivity index (χ3n) is 1.25. The summed E-state index contributed by atoms with van der Waals surface area (Å²) in [6.45, 7) is 2.35. The molecular weight excluding hydrogens is 168 g/mol. The molecule has 0 aromatic carbocycles. The van der Waals surface area contributed by atoms with Crippen LogP contribution in [0.1, 0.15) is 6.92 Å². The van der Waals surface area contributed by atoms with Crippen molar-refractivity contribution in [1.29, 1.82) is 0 Å². The number of hydrogen-bond donors (Lipinski definition) is 1. The Kier molecular flexibility index (Phi) is 2.26. The molecule has 1 saturated heterocycles. The average Bonchev–Trinajstić information content (AvgIpc) is 2.64. The molecule has 1 aliphatic rings. The number of hydrogen-bond acceptors (Lipinski definition) is 3. The van der Waals surface area contributed by atoms with Crippen molar-refractivity contribution in [2.24, 2.45) is 0 Å². The van der Waals surface area contributed by atoms with E-state index in [-0.39, 0.29) is 12.3 Å². The number of carbonyl (C=O) groups is 1. The molecule has 0 saturated carbocycles. The highest BCUT2D eigenvalue weighted by Crippen LogP contribution is 2.08. The molecule has 6 heteroatoms. The van der Waals surface area contributed by atoms with Crippen molar-refractivity contribution in [2.75, 3.05) is 19.6 Å². The van der Waals surface area contributed by atoms with E-state index >= 15 is 0 Å². The molecule has 1 fully saturated rings. The summed E-state index contributed by atoms with van der Waals surface area (Å²) < 4.78 is 25.3. The molecule has 0 aromatic heterocycles. The standard InChI is InChI=1S/C5H10N2O3S/c1-5(8)4-6-11(9,10)7-2-3-7/h6H,2-4H2,1H3. The fourth-order valence-electron chi connectivity index (χ4n) is 0.565. The first-order valence-electron chi connectivity index (χ1n) is 3.26. The Labute approximate surface area is 65.6 Å². The van der Waals surface area contributed by atoms with Gasteiger partial charge in [-0.15, -0.1) is 0 Å². The Morgan fingerprint density at radius 3 is 2.45 bits per heavy atom. The van der Waals surface area contributed by atoms with Crippen LogP contribution in [-0.4, -0.2) is 38.1 Å². The molecule has 1 aliphatic heterocycles. The molecule has 5 nitrogen and oxygen atoms in total. The normalized spacial score (nSPS) is 18.3. The van der Waals surface area contributed by atoms with Crippen molar-refractivity contribution in [3.05, 3.63) is 0 Å². The highest BCUT2D eigenvalue weighted by Gasteiger charge is 2.31. The molecule has 0 unspecified atom stereocenters. The molecule has 11 heavy (non-hydrogen) atoms. The van der Waals surface area contributed by atoms with Crippen molar-refractivity contribution in [3.63, 3.8) is 0 Å². The zero-order valence-corrected chi connectivity index (χ0v) is 7.02. The Morgan fingerprint density at radius 1 is 1.55 bits per heavy atom. The van der Waals surface area contributed by atoms with Crippen molar-refractivity contribution >= 4 is 16.0 Å². The lowest BCUT2D eigenvalue weighted by molar-refractivity contribution is -0.115. The lowest BCUT2D eigenvalue weighted by Gasteiger charge is -2.02. The van der Waals surface area contributed by atoms with E-state index in [1.54, 1.807) is 0 Å². The van der Waals surface area contributed by atoms with E-state index in [9.17, 15) is 13.2 Å². The summed E-state index contributed by atoms with van der Waals surface area (Å²) in [4.78, 5) is 10.4. The number of carbonyl (C=O) groups excluding carboxylic acids is 1. The van der Waals surface area contributed by atoms with Crippen LogP contribution in [0.25, 0.3) is 0 Å². The van der Waals surface area contributed by atoms with E-state index in [0.29, 0.717) is 13.1 Å². The first-order chi connectivity index (χ1) is 5.02. The summed E-state index contributed by atoms with van der Waals surface area (Å²) >= 11 is 0. The lowest BCUT2D eigenvalue weighted by Crippen LogP contribution is -2.33. The van der Waals surface area contributed by atoms with E-state index in [1.807, 2.05) is 0 Å². The maximum absolute atomic E-state index is 11.0. The second-order valence-corrected chi connectivity index (χ2v) is 4.18. The van der Waals surface area contributed by atoms with Crippen molar-refractivity contribution < 1.29 is 13.2 Å². The van der Waals surface area contributed by atoms with Crippen molar-refractivity contribution in [3.8, 4) is 0 Å². The smallest absolute Gasteiger partial charge is 0.279 e. The molecule has 0 aromatic rings. The second kappa shape index (κ2) is 2.88. The van der Waals surface area contributed by atoms with E-state index in [2.05, 4.69) is 4.72 Å². The Bertz CT molecular complexity index is 255. The van der Waals surface area contributed by atoms with Crippen LogP contribution in [0.2, 0.25) is 0 Å². The summed E-state index contributed by atoms with van der Waals surface area (Å²) in [6, 6.07) is 0. The zero-order valence-electron chi connectivity index (χ0n) is 6.20. The van der Waals surface area contributed by atoms with Gasteiger partial charge in [0, 0.05) is 13.1 Å². The molecular formula is C5H10N2O3S. The number of nitrogens with one attached hydrogen (secondary N) is 1. The van der Waals surface area contributed by atoms with Gasteiger partial charge in [0.2, 0.25) is 0 Å². The number of Topliss-reactive ketones (excluding diaryl/α,β-unsaturated/α-hetero) is 1. The Morgan fingerprint density at radius 2 is 2.09 bits per heavy atom. The third kappa shape index (κ3) is 2.57. The number of ketones is 1. The minimum absolute atomic E-state index is 0.112. The van der Waals surface area contributed by atoms with Gasteiger partial charge < -0.3 is 0 Å². The number of nitrogens with zero attached hydrogens (tertiary/aromatic N) is 1. The topological polar surface area (TPSA) is 66.2 Å². The van der Waals surface area contributed by atoms with Gasteiger partial charge in [0.1, 0.15) is 5.78 Å². The van der Waals surface area contributed by atoms with Gasteiger partial charge in [0.15, 0.2) is 0 Å². The van der Waals surface area contributed by atoms with Crippen LogP contribution in [-0.2, 0) is 15.0 Å². The summed E-state index contributed by atoms with van der Waals surface area (Å²) in [5, 5.41) is 0. The van der Waals surface area contributed by atoms with Crippen LogP contribution in [0.4, 0.5) is 0 Å². The zero-order chi connectivity index (χ0) is 8.48. The van der Waals surface area contributed by atoms with Gasteiger partial charge in [0.05, 0.1) is 6.54 Å². The van der Waals surface area contributed by atoms with E-state index < -0.39 is 10.2 Å². The van der Waals surface area contributed by atoms with Crippen LogP contribution < -0.4 is 4.72 Å².